The van der Waals surface area contributed by atoms with E-state index in [0.717, 1.165) is 63.8 Å². The summed E-state index contributed by atoms with van der Waals surface area (Å²) >= 11 is 26.5. The normalized spacial score (nSPS) is 18.8. The Morgan fingerprint density at radius 2 is 1.64 bits per heavy atom. The van der Waals surface area contributed by atoms with Crippen LogP contribution in [0.1, 0.15) is 73.2 Å². The fraction of sp³-hybridized carbons (Fsp3) is 0.556. The molecular weight excluding hydrogens is 740 g/mol. The summed E-state index contributed by atoms with van der Waals surface area (Å²) < 4.78 is 0. The number of oxime groups is 1. The number of benzene rings is 2. The molecule has 2 aromatic carbocycles. The average molecular weight is 786 g/mol. The molecule has 0 spiro atoms. The van der Waals surface area contributed by atoms with E-state index >= 15 is 0 Å². The lowest BCUT2D eigenvalue weighted by Gasteiger charge is -2.43. The van der Waals surface area contributed by atoms with Gasteiger partial charge in [-0.25, -0.2) is 4.79 Å². The lowest BCUT2D eigenvalue weighted by atomic mass is 9.89. The highest BCUT2D eigenvalue weighted by Crippen LogP contribution is 2.32. The van der Waals surface area contributed by atoms with Crippen molar-refractivity contribution in [2.45, 2.75) is 68.6 Å². The van der Waals surface area contributed by atoms with Crippen molar-refractivity contribution >= 4 is 80.9 Å². The molecule has 0 N–H and O–H groups in total. The number of amides is 3. The van der Waals surface area contributed by atoms with Crippen LogP contribution in [0.4, 0.5) is 4.79 Å². The van der Waals surface area contributed by atoms with Gasteiger partial charge in [-0.3, -0.25) is 9.59 Å². The number of urea groups is 1. The zero-order chi connectivity index (χ0) is 35.8. The smallest absolute Gasteiger partial charge is 0.320 e. The largest absolute Gasteiger partial charge is 0.399 e. The first-order valence-electron chi connectivity index (χ1n) is 17.3. The Balaban J connectivity index is 1.21. The number of hydrogen-bond acceptors (Lipinski definition) is 7. The average Bonchev–Trinajstić information content (AvgIpc) is 3.60. The van der Waals surface area contributed by atoms with Crippen LogP contribution in [0.25, 0.3) is 0 Å². The van der Waals surface area contributed by atoms with Crippen molar-refractivity contribution in [3.8, 4) is 0 Å². The Morgan fingerprint density at radius 1 is 0.940 bits per heavy atom. The van der Waals surface area contributed by atoms with Crippen molar-refractivity contribution in [3.63, 3.8) is 0 Å². The first-order chi connectivity index (χ1) is 24.0. The van der Waals surface area contributed by atoms with Gasteiger partial charge in [0.15, 0.2) is 0 Å². The minimum atomic E-state index is -0.254. The zero-order valence-electron chi connectivity index (χ0n) is 28.6. The summed E-state index contributed by atoms with van der Waals surface area (Å²) in [6, 6.07) is 10.4. The van der Waals surface area contributed by atoms with Gasteiger partial charge in [-0.05, 0) is 81.0 Å². The molecule has 0 radical (unpaired) electrons. The van der Waals surface area contributed by atoms with Crippen molar-refractivity contribution in [1.29, 1.82) is 0 Å². The molecule has 1 unspecified atom stereocenters. The monoisotopic (exact) mass is 783 g/mol. The maximum Gasteiger partial charge on any atom is 0.320 e. The minimum absolute atomic E-state index is 0.00566. The third kappa shape index (κ3) is 10.4. The molecule has 50 heavy (non-hydrogen) atoms. The van der Waals surface area contributed by atoms with Crippen LogP contribution in [-0.4, -0.2) is 114 Å². The third-order valence-corrected chi connectivity index (χ3v) is 12.2. The summed E-state index contributed by atoms with van der Waals surface area (Å²) in [4.78, 5) is 52.7. The lowest BCUT2D eigenvalue weighted by Crippen LogP contribution is -2.56. The Hall–Kier alpha value is -2.21. The Labute approximate surface area is 319 Å². The summed E-state index contributed by atoms with van der Waals surface area (Å²) in [5, 5.41) is 6.57. The number of nitrogens with zero attached hydrogens (tertiary/aromatic N) is 5. The molecule has 1 atom stereocenters. The molecule has 3 fully saturated rings. The van der Waals surface area contributed by atoms with E-state index in [2.05, 4.69) is 10.1 Å². The number of piperidine rings is 1. The van der Waals surface area contributed by atoms with Gasteiger partial charge in [0.2, 0.25) is 5.12 Å². The second-order valence-electron chi connectivity index (χ2n) is 13.3. The van der Waals surface area contributed by atoms with Gasteiger partial charge in [0.1, 0.15) is 7.11 Å². The molecule has 0 bridgehead atoms. The summed E-state index contributed by atoms with van der Waals surface area (Å²) in [5.74, 6) is -0.478. The second kappa shape index (κ2) is 18.5. The van der Waals surface area contributed by atoms with E-state index in [-0.39, 0.29) is 42.1 Å². The van der Waals surface area contributed by atoms with Gasteiger partial charge in [-0.1, -0.05) is 82.2 Å². The van der Waals surface area contributed by atoms with Gasteiger partial charge in [-0.2, -0.15) is 0 Å². The van der Waals surface area contributed by atoms with Gasteiger partial charge in [0.25, 0.3) is 5.91 Å². The predicted octanol–water partition coefficient (Wildman–Crippen LogP) is 8.34. The van der Waals surface area contributed by atoms with E-state index in [0.29, 0.717) is 49.6 Å². The molecule has 0 aromatic heterocycles. The van der Waals surface area contributed by atoms with Crippen LogP contribution < -0.4 is 0 Å². The number of rotatable bonds is 13. The van der Waals surface area contributed by atoms with Gasteiger partial charge in [-0.15, -0.1) is 0 Å². The number of thioether (sulfide) groups is 1. The fourth-order valence-electron chi connectivity index (χ4n) is 7.23. The molecular formula is C36H45Cl4N5O4S. The van der Waals surface area contributed by atoms with Crippen molar-refractivity contribution in [2.24, 2.45) is 5.16 Å². The van der Waals surface area contributed by atoms with Crippen LogP contribution in [0.5, 0.6) is 0 Å². The Morgan fingerprint density at radius 3 is 2.30 bits per heavy atom. The number of hydrogen-bond donors (Lipinski definition) is 0. The minimum Gasteiger partial charge on any atom is -0.399 e. The van der Waals surface area contributed by atoms with Crippen molar-refractivity contribution < 1.29 is 19.2 Å². The molecule has 14 heteroatoms. The molecule has 1 aliphatic carbocycles. The summed E-state index contributed by atoms with van der Waals surface area (Å²) in [6.07, 6.45) is 7.87. The van der Waals surface area contributed by atoms with E-state index < -0.39 is 0 Å². The van der Waals surface area contributed by atoms with Crippen molar-refractivity contribution in [1.82, 2.24) is 19.6 Å². The maximum atomic E-state index is 13.5. The number of likely N-dealkylation sites (tertiary alicyclic amines) is 1. The summed E-state index contributed by atoms with van der Waals surface area (Å²) in [6.45, 7) is 4.19. The van der Waals surface area contributed by atoms with Crippen LogP contribution in [0.3, 0.4) is 0 Å². The van der Waals surface area contributed by atoms with Crippen LogP contribution in [0, 0.1) is 0 Å². The SMILES string of the molecule is CO/N=C(\CN(C)C(=O)c1cc(Cl)cc(Cl)c1)C(CCN1CCC(N2CCCN(CC(=O)SC3CCCC3)C2=O)CC1)c1ccc(Cl)c(Cl)c1. The van der Waals surface area contributed by atoms with E-state index in [1.165, 1.54) is 31.7 Å². The van der Waals surface area contributed by atoms with Crippen LogP contribution in [0.2, 0.25) is 20.1 Å². The molecule has 5 rings (SSSR count). The summed E-state index contributed by atoms with van der Waals surface area (Å²) in [7, 11) is 3.19. The molecule has 272 valence electrons. The third-order valence-electron chi connectivity index (χ3n) is 9.81. The van der Waals surface area contributed by atoms with E-state index in [4.69, 9.17) is 51.2 Å². The van der Waals surface area contributed by atoms with Crippen molar-refractivity contribution in [3.05, 3.63) is 67.6 Å². The number of halogens is 4. The standard InChI is InChI=1S/C36H45Cl4N5O4S/c1-42(35(47)25-18-26(37)21-27(38)19-25)22-33(41-49-2)30(24-8-9-31(39)32(40)20-24)12-17-43-15-10-28(11-16-43)45-14-5-13-44(36(45)48)23-34(46)50-29-6-3-4-7-29/h8-9,18-21,28-30H,3-7,10-17,22-23H2,1-2H3/b41-33+. The fourth-order valence-corrected chi connectivity index (χ4v) is 9.23. The van der Waals surface area contributed by atoms with E-state index in [9.17, 15) is 14.4 Å². The van der Waals surface area contributed by atoms with Gasteiger partial charge in [0.05, 0.1) is 28.8 Å². The first-order valence-corrected chi connectivity index (χ1v) is 19.6. The molecule has 2 aliphatic heterocycles. The lowest BCUT2D eigenvalue weighted by molar-refractivity contribution is -0.111. The predicted molar refractivity (Wildman–Crippen MR) is 204 cm³/mol. The zero-order valence-corrected chi connectivity index (χ0v) is 32.4. The molecule has 1 saturated carbocycles. The highest BCUT2D eigenvalue weighted by molar-refractivity contribution is 8.14. The Bertz CT molecular complexity index is 1530. The van der Waals surface area contributed by atoms with Gasteiger partial charge >= 0.3 is 6.03 Å². The summed E-state index contributed by atoms with van der Waals surface area (Å²) in [5.41, 5.74) is 1.95. The molecule has 3 amide bonds. The second-order valence-corrected chi connectivity index (χ2v) is 16.4. The van der Waals surface area contributed by atoms with E-state index in [1.807, 2.05) is 17.0 Å². The topological polar surface area (TPSA) is 85.8 Å². The number of carbonyl (C=O) groups is 3. The maximum absolute atomic E-state index is 13.5. The number of carbonyl (C=O) groups excluding carboxylic acids is 3. The van der Waals surface area contributed by atoms with Crippen LogP contribution >= 0.6 is 58.2 Å². The van der Waals surface area contributed by atoms with E-state index in [1.54, 1.807) is 41.1 Å². The molecule has 9 nitrogen and oxygen atoms in total. The first kappa shape index (κ1) is 39.0. The van der Waals surface area contributed by atoms with Gasteiger partial charge < -0.3 is 24.4 Å². The van der Waals surface area contributed by atoms with Crippen LogP contribution in [-0.2, 0) is 9.63 Å². The molecule has 3 aliphatic rings. The molecule has 2 aromatic rings. The molecule has 2 saturated heterocycles. The quantitative estimate of drug-likeness (QED) is 0.150. The van der Waals surface area contributed by atoms with Gasteiger partial charge in [0, 0.05) is 66.0 Å². The molecule has 2 heterocycles. The Kier molecular flexibility index (Phi) is 14.4. The van der Waals surface area contributed by atoms with Crippen LogP contribution in [0.15, 0.2) is 41.6 Å². The van der Waals surface area contributed by atoms with Crippen molar-refractivity contribution in [2.75, 3.05) is 60.0 Å². The highest BCUT2D eigenvalue weighted by atomic mass is 35.5. The highest BCUT2D eigenvalue weighted by Gasteiger charge is 2.35.